The van der Waals surface area contributed by atoms with Crippen LogP contribution in [0.25, 0.3) is 0 Å². The summed E-state index contributed by atoms with van der Waals surface area (Å²) >= 11 is 0. The van der Waals surface area contributed by atoms with Crippen molar-refractivity contribution < 1.29 is 13.2 Å². The highest BCUT2D eigenvalue weighted by molar-refractivity contribution is 14.0. The van der Waals surface area contributed by atoms with Crippen LogP contribution in [0.2, 0.25) is 0 Å². The van der Waals surface area contributed by atoms with Gasteiger partial charge in [-0.1, -0.05) is 13.8 Å². The molecule has 0 aromatic carbocycles. The molecule has 29 heavy (non-hydrogen) atoms. The van der Waals surface area contributed by atoms with Crippen LogP contribution in [-0.4, -0.2) is 43.6 Å². The minimum Gasteiger partial charge on any atom is -0.352 e. The quantitative estimate of drug-likeness (QED) is 0.364. The molecule has 12 heteroatoms. The lowest BCUT2D eigenvalue weighted by Gasteiger charge is -2.27. The number of fused-ring (bicyclic) bond motifs is 1. The summed E-state index contributed by atoms with van der Waals surface area (Å²) in [5.41, 5.74) is -0.809. The number of aryl methyl sites for hydroxylation is 2. The van der Waals surface area contributed by atoms with Crippen LogP contribution in [0.5, 0.6) is 0 Å². The lowest BCUT2D eigenvalue weighted by atomic mass is 10.1. The Morgan fingerprint density at radius 3 is 2.69 bits per heavy atom. The van der Waals surface area contributed by atoms with Crippen LogP contribution in [0, 0.1) is 0 Å². The first-order valence-corrected chi connectivity index (χ1v) is 9.18. The van der Waals surface area contributed by atoms with Crippen molar-refractivity contribution in [2.45, 2.75) is 57.9 Å². The molecule has 162 valence electrons. The SMILES string of the molecule is CN=C(NCc1cn(C)nc1C(F)(F)F)NC1CCc2nnc(C(C)C)n2C1.I. The standard InChI is InChI=1S/C17H25F3N8.HI/c1-10(2)15-25-24-13-6-5-12(9-28(13)15)23-16(21-3)22-7-11-8-27(4)26-14(11)17(18,19)20;/h8,10,12H,5-7,9H2,1-4H3,(H2,21,22,23);1H. The van der Waals surface area contributed by atoms with E-state index in [1.165, 1.54) is 13.2 Å². The van der Waals surface area contributed by atoms with E-state index < -0.39 is 11.9 Å². The number of rotatable bonds is 4. The molecule has 1 aliphatic heterocycles. The van der Waals surface area contributed by atoms with E-state index in [2.05, 4.69) is 49.3 Å². The Balaban J connectivity index is 0.00000300. The number of nitrogens with one attached hydrogen (secondary N) is 2. The highest BCUT2D eigenvalue weighted by Crippen LogP contribution is 2.30. The van der Waals surface area contributed by atoms with Gasteiger partial charge in [-0.05, 0) is 6.42 Å². The van der Waals surface area contributed by atoms with E-state index in [1.807, 2.05) is 0 Å². The van der Waals surface area contributed by atoms with Crippen LogP contribution in [-0.2, 0) is 32.7 Å². The Morgan fingerprint density at radius 1 is 1.34 bits per heavy atom. The molecule has 0 radical (unpaired) electrons. The van der Waals surface area contributed by atoms with Crippen LogP contribution < -0.4 is 10.6 Å². The third kappa shape index (κ3) is 5.39. The monoisotopic (exact) mass is 526 g/mol. The third-order valence-electron chi connectivity index (χ3n) is 4.68. The molecule has 3 rings (SSSR count). The maximum absolute atomic E-state index is 13.1. The molecule has 0 spiro atoms. The third-order valence-corrected chi connectivity index (χ3v) is 4.68. The van der Waals surface area contributed by atoms with Crippen molar-refractivity contribution in [2.75, 3.05) is 7.05 Å². The molecule has 0 amide bonds. The Kier molecular flexibility index (Phi) is 7.51. The zero-order valence-corrected chi connectivity index (χ0v) is 19.1. The van der Waals surface area contributed by atoms with E-state index in [-0.39, 0.29) is 48.0 Å². The predicted molar refractivity (Wildman–Crippen MR) is 113 cm³/mol. The van der Waals surface area contributed by atoms with Gasteiger partial charge in [0.2, 0.25) is 0 Å². The van der Waals surface area contributed by atoms with Gasteiger partial charge in [-0.2, -0.15) is 18.3 Å². The van der Waals surface area contributed by atoms with Gasteiger partial charge in [-0.25, -0.2) is 0 Å². The molecule has 3 heterocycles. The Labute approximate surface area is 184 Å². The molecule has 2 aromatic rings. The lowest BCUT2D eigenvalue weighted by molar-refractivity contribution is -0.142. The molecule has 0 aliphatic carbocycles. The lowest BCUT2D eigenvalue weighted by Crippen LogP contribution is -2.47. The summed E-state index contributed by atoms with van der Waals surface area (Å²) in [6, 6.07) is 0.0863. The maximum Gasteiger partial charge on any atom is 0.435 e. The van der Waals surface area contributed by atoms with E-state index in [0.717, 1.165) is 29.2 Å². The van der Waals surface area contributed by atoms with Crippen molar-refractivity contribution in [1.29, 1.82) is 0 Å². The Bertz CT molecular complexity index is 855. The molecule has 8 nitrogen and oxygen atoms in total. The topological polar surface area (TPSA) is 84.9 Å². The van der Waals surface area contributed by atoms with Gasteiger partial charge >= 0.3 is 6.18 Å². The molecule has 0 saturated carbocycles. The first-order chi connectivity index (χ1) is 13.2. The van der Waals surface area contributed by atoms with E-state index >= 15 is 0 Å². The molecule has 0 bridgehead atoms. The van der Waals surface area contributed by atoms with Crippen LogP contribution in [0.15, 0.2) is 11.2 Å². The van der Waals surface area contributed by atoms with E-state index in [4.69, 9.17) is 0 Å². The summed E-state index contributed by atoms with van der Waals surface area (Å²) in [5.74, 6) is 2.62. The van der Waals surface area contributed by atoms with Crippen LogP contribution in [0.4, 0.5) is 13.2 Å². The number of aromatic nitrogens is 5. The first kappa shape index (κ1) is 23.4. The number of halogens is 4. The van der Waals surface area contributed by atoms with Gasteiger partial charge < -0.3 is 15.2 Å². The molecule has 0 fully saturated rings. The number of nitrogens with zero attached hydrogens (tertiary/aromatic N) is 6. The number of guanidine groups is 1. The second-order valence-electron chi connectivity index (χ2n) is 7.22. The zero-order valence-electron chi connectivity index (χ0n) is 16.8. The van der Waals surface area contributed by atoms with Gasteiger partial charge in [0, 0.05) is 57.3 Å². The largest absolute Gasteiger partial charge is 0.435 e. The average Bonchev–Trinajstić information content (AvgIpc) is 3.21. The molecule has 1 unspecified atom stereocenters. The number of hydrogen-bond acceptors (Lipinski definition) is 4. The highest BCUT2D eigenvalue weighted by atomic mass is 127. The van der Waals surface area contributed by atoms with Gasteiger partial charge in [-0.3, -0.25) is 9.67 Å². The summed E-state index contributed by atoms with van der Waals surface area (Å²) in [5, 5.41) is 18.3. The Hall–Kier alpha value is -1.86. The van der Waals surface area contributed by atoms with E-state index in [9.17, 15) is 13.2 Å². The molecule has 1 aliphatic rings. The Morgan fingerprint density at radius 2 is 2.07 bits per heavy atom. The average molecular weight is 526 g/mol. The van der Waals surface area contributed by atoms with Crippen molar-refractivity contribution >= 4 is 29.9 Å². The fraction of sp³-hybridized carbons (Fsp3) is 0.647. The zero-order chi connectivity index (χ0) is 20.5. The summed E-state index contributed by atoms with van der Waals surface area (Å²) in [7, 11) is 3.06. The fourth-order valence-electron chi connectivity index (χ4n) is 3.37. The molecule has 1 atom stereocenters. The second kappa shape index (κ2) is 9.30. The number of hydrogen-bond donors (Lipinski definition) is 2. The normalized spacial score (nSPS) is 17.1. The van der Waals surface area contributed by atoms with Gasteiger partial charge in [-0.15, -0.1) is 34.2 Å². The predicted octanol–water partition coefficient (Wildman–Crippen LogP) is 2.45. The van der Waals surface area contributed by atoms with Crippen molar-refractivity contribution in [3.8, 4) is 0 Å². The summed E-state index contributed by atoms with van der Waals surface area (Å²) in [6.45, 7) is 4.81. The first-order valence-electron chi connectivity index (χ1n) is 9.18. The van der Waals surface area contributed by atoms with Crippen LogP contribution >= 0.6 is 24.0 Å². The van der Waals surface area contributed by atoms with Crippen molar-refractivity contribution in [1.82, 2.24) is 35.2 Å². The van der Waals surface area contributed by atoms with Crippen molar-refractivity contribution in [3.63, 3.8) is 0 Å². The number of alkyl halides is 3. The maximum atomic E-state index is 13.1. The fourth-order valence-corrected chi connectivity index (χ4v) is 3.37. The summed E-state index contributed by atoms with van der Waals surface area (Å²) in [4.78, 5) is 4.14. The van der Waals surface area contributed by atoms with Gasteiger partial charge in [0.1, 0.15) is 11.6 Å². The smallest absolute Gasteiger partial charge is 0.352 e. The summed E-state index contributed by atoms with van der Waals surface area (Å²) < 4.78 is 42.5. The summed E-state index contributed by atoms with van der Waals surface area (Å²) in [6.07, 6.45) is -1.49. The molecular formula is C17H26F3IN8. The minimum absolute atomic E-state index is 0. The molecule has 2 N–H and O–H groups in total. The van der Waals surface area contributed by atoms with Crippen molar-refractivity contribution in [3.05, 3.63) is 29.1 Å². The molecule has 0 saturated heterocycles. The molecule has 2 aromatic heterocycles. The van der Waals surface area contributed by atoms with Gasteiger partial charge in [0.15, 0.2) is 11.7 Å². The van der Waals surface area contributed by atoms with E-state index in [1.54, 1.807) is 7.05 Å². The minimum atomic E-state index is -4.49. The van der Waals surface area contributed by atoms with Gasteiger partial charge in [0.25, 0.3) is 0 Å². The highest BCUT2D eigenvalue weighted by Gasteiger charge is 2.36. The van der Waals surface area contributed by atoms with Gasteiger partial charge in [0.05, 0.1) is 0 Å². The van der Waals surface area contributed by atoms with Crippen LogP contribution in [0.3, 0.4) is 0 Å². The van der Waals surface area contributed by atoms with E-state index in [0.29, 0.717) is 12.5 Å². The van der Waals surface area contributed by atoms with Crippen molar-refractivity contribution in [2.24, 2.45) is 12.0 Å². The van der Waals surface area contributed by atoms with Crippen LogP contribution in [0.1, 0.15) is 49.1 Å². The molecular weight excluding hydrogens is 500 g/mol. The second-order valence-corrected chi connectivity index (χ2v) is 7.22. The number of aliphatic imine (C=N–C) groups is 1.